The van der Waals surface area contributed by atoms with E-state index in [4.69, 9.17) is 11.1 Å². The van der Waals surface area contributed by atoms with Gasteiger partial charge in [0.15, 0.2) is 0 Å². The molecule has 3 rings (SSSR count). The van der Waals surface area contributed by atoms with E-state index in [1.54, 1.807) is 0 Å². The Hall–Kier alpha value is -1.51. The van der Waals surface area contributed by atoms with Crippen molar-refractivity contribution in [1.29, 1.82) is 5.41 Å². The number of nitrogens with two attached hydrogens (primary N) is 1. The molecule has 1 aromatic carbocycles. The predicted octanol–water partition coefficient (Wildman–Crippen LogP) is 3.13. The molecule has 102 valence electrons. The summed E-state index contributed by atoms with van der Waals surface area (Å²) in [4.78, 5) is 2.59. The number of hydrogen-bond acceptors (Lipinski definition) is 2. The standard InChI is InChI=1S/C16H23N3/c17-16(18)13-7-9-14(10-8-13)19-11-3-5-12-4-1-2-6-15(12)19/h7-10,12,15H,1-6,11H2,(H3,17,18). The van der Waals surface area contributed by atoms with E-state index in [2.05, 4.69) is 17.0 Å². The maximum Gasteiger partial charge on any atom is 0.122 e. The molecule has 1 saturated heterocycles. The molecule has 0 aromatic heterocycles. The average molecular weight is 257 g/mol. The molecule has 3 N–H and O–H groups in total. The Morgan fingerprint density at radius 3 is 2.47 bits per heavy atom. The summed E-state index contributed by atoms with van der Waals surface area (Å²) in [6, 6.07) is 8.96. The lowest BCUT2D eigenvalue weighted by Gasteiger charge is -2.45. The van der Waals surface area contributed by atoms with Crippen LogP contribution in [0.3, 0.4) is 0 Å². The van der Waals surface area contributed by atoms with Crippen molar-refractivity contribution in [2.24, 2.45) is 11.7 Å². The van der Waals surface area contributed by atoms with Crippen LogP contribution < -0.4 is 10.6 Å². The van der Waals surface area contributed by atoms with E-state index in [0.29, 0.717) is 0 Å². The molecule has 0 radical (unpaired) electrons. The molecule has 0 amide bonds. The fourth-order valence-electron chi connectivity index (χ4n) is 3.78. The van der Waals surface area contributed by atoms with Gasteiger partial charge in [-0.2, -0.15) is 0 Å². The molecule has 0 bridgehead atoms. The summed E-state index contributed by atoms with van der Waals surface area (Å²) in [6.45, 7) is 1.18. The van der Waals surface area contributed by atoms with Crippen molar-refractivity contribution in [3.8, 4) is 0 Å². The highest BCUT2D eigenvalue weighted by molar-refractivity contribution is 5.95. The number of nitrogen functional groups attached to an aromatic ring is 1. The number of rotatable bonds is 2. The van der Waals surface area contributed by atoms with Crippen LogP contribution in [0.25, 0.3) is 0 Å². The molecule has 3 heteroatoms. The Kier molecular flexibility index (Phi) is 3.45. The highest BCUT2D eigenvalue weighted by atomic mass is 15.2. The van der Waals surface area contributed by atoms with Crippen LogP contribution in [0.4, 0.5) is 5.69 Å². The van der Waals surface area contributed by atoms with Crippen molar-refractivity contribution >= 4 is 11.5 Å². The number of fused-ring (bicyclic) bond motifs is 1. The Morgan fingerprint density at radius 2 is 1.74 bits per heavy atom. The minimum absolute atomic E-state index is 0.153. The summed E-state index contributed by atoms with van der Waals surface area (Å²) >= 11 is 0. The molecule has 1 aromatic rings. The Labute approximate surface area is 115 Å². The molecule has 0 spiro atoms. The lowest BCUT2D eigenvalue weighted by molar-refractivity contribution is 0.244. The van der Waals surface area contributed by atoms with Gasteiger partial charge in [0.2, 0.25) is 0 Å². The van der Waals surface area contributed by atoms with Crippen molar-refractivity contribution < 1.29 is 0 Å². The number of nitrogens with one attached hydrogen (secondary N) is 1. The second-order valence-corrected chi connectivity index (χ2v) is 5.91. The SMILES string of the molecule is N=C(N)c1ccc(N2CCCC3CCCCC32)cc1. The molecule has 2 aliphatic rings. The first-order chi connectivity index (χ1) is 9.25. The van der Waals surface area contributed by atoms with Crippen molar-refractivity contribution in [1.82, 2.24) is 0 Å². The molecule has 1 aliphatic heterocycles. The first-order valence-electron chi connectivity index (χ1n) is 7.47. The van der Waals surface area contributed by atoms with Crippen LogP contribution in [0.5, 0.6) is 0 Å². The third-order valence-corrected chi connectivity index (χ3v) is 4.75. The van der Waals surface area contributed by atoms with Crippen molar-refractivity contribution in [3.63, 3.8) is 0 Å². The maximum absolute atomic E-state index is 7.46. The van der Waals surface area contributed by atoms with E-state index in [1.165, 1.54) is 50.8 Å². The van der Waals surface area contributed by atoms with Gasteiger partial charge in [0.1, 0.15) is 5.84 Å². The quantitative estimate of drug-likeness (QED) is 0.631. The van der Waals surface area contributed by atoms with Crippen LogP contribution in [0.2, 0.25) is 0 Å². The number of anilines is 1. The minimum Gasteiger partial charge on any atom is -0.384 e. The van der Waals surface area contributed by atoms with Crippen molar-refractivity contribution in [2.45, 2.75) is 44.6 Å². The zero-order chi connectivity index (χ0) is 13.2. The first-order valence-corrected chi connectivity index (χ1v) is 7.47. The third-order valence-electron chi connectivity index (χ3n) is 4.75. The Morgan fingerprint density at radius 1 is 1.05 bits per heavy atom. The number of piperidine rings is 1. The summed E-state index contributed by atoms with van der Waals surface area (Å²) < 4.78 is 0. The molecule has 19 heavy (non-hydrogen) atoms. The fourth-order valence-corrected chi connectivity index (χ4v) is 3.78. The van der Waals surface area contributed by atoms with E-state index in [-0.39, 0.29) is 5.84 Å². The van der Waals surface area contributed by atoms with E-state index in [1.807, 2.05) is 12.1 Å². The van der Waals surface area contributed by atoms with Crippen LogP contribution in [0, 0.1) is 11.3 Å². The second kappa shape index (κ2) is 5.24. The van der Waals surface area contributed by atoms with Gasteiger partial charge in [-0.15, -0.1) is 0 Å². The van der Waals surface area contributed by atoms with Gasteiger partial charge in [-0.1, -0.05) is 12.8 Å². The number of hydrogen-bond donors (Lipinski definition) is 2. The zero-order valence-electron chi connectivity index (χ0n) is 11.4. The van der Waals surface area contributed by atoms with E-state index < -0.39 is 0 Å². The highest BCUT2D eigenvalue weighted by Gasteiger charge is 2.33. The summed E-state index contributed by atoms with van der Waals surface area (Å²) in [6.07, 6.45) is 8.27. The Balaban J connectivity index is 1.81. The van der Waals surface area contributed by atoms with Gasteiger partial charge in [0, 0.05) is 23.8 Å². The minimum atomic E-state index is 0.153. The Bertz CT molecular complexity index is 450. The summed E-state index contributed by atoms with van der Waals surface area (Å²) in [5, 5.41) is 7.46. The van der Waals surface area contributed by atoms with Crippen LogP contribution in [-0.2, 0) is 0 Å². The molecular weight excluding hydrogens is 234 g/mol. The average Bonchev–Trinajstić information content (AvgIpc) is 2.47. The lowest BCUT2D eigenvalue weighted by Crippen LogP contribution is -2.46. The molecule has 2 unspecified atom stereocenters. The number of benzene rings is 1. The fraction of sp³-hybridized carbons (Fsp3) is 0.562. The molecule has 2 atom stereocenters. The summed E-state index contributed by atoms with van der Waals surface area (Å²) in [5.74, 6) is 1.05. The van der Waals surface area contributed by atoms with Gasteiger partial charge in [0.05, 0.1) is 0 Å². The highest BCUT2D eigenvalue weighted by Crippen LogP contribution is 2.37. The smallest absolute Gasteiger partial charge is 0.122 e. The van der Waals surface area contributed by atoms with Crippen LogP contribution in [0.1, 0.15) is 44.1 Å². The molecular formula is C16H23N3. The van der Waals surface area contributed by atoms with Gasteiger partial charge in [0.25, 0.3) is 0 Å². The summed E-state index contributed by atoms with van der Waals surface area (Å²) in [7, 11) is 0. The number of nitrogens with zero attached hydrogens (tertiary/aromatic N) is 1. The monoisotopic (exact) mass is 257 g/mol. The van der Waals surface area contributed by atoms with Crippen molar-refractivity contribution in [2.75, 3.05) is 11.4 Å². The third kappa shape index (κ3) is 2.46. The van der Waals surface area contributed by atoms with E-state index in [9.17, 15) is 0 Å². The normalized spacial score (nSPS) is 26.8. The van der Waals surface area contributed by atoms with E-state index >= 15 is 0 Å². The second-order valence-electron chi connectivity index (χ2n) is 5.91. The van der Waals surface area contributed by atoms with Crippen LogP contribution >= 0.6 is 0 Å². The number of amidine groups is 1. The van der Waals surface area contributed by atoms with Crippen LogP contribution in [-0.4, -0.2) is 18.4 Å². The van der Waals surface area contributed by atoms with Gasteiger partial charge in [-0.3, -0.25) is 5.41 Å². The molecule has 2 fully saturated rings. The lowest BCUT2D eigenvalue weighted by atomic mass is 9.78. The maximum atomic E-state index is 7.46. The topological polar surface area (TPSA) is 53.1 Å². The van der Waals surface area contributed by atoms with Crippen molar-refractivity contribution in [3.05, 3.63) is 29.8 Å². The van der Waals surface area contributed by atoms with E-state index in [0.717, 1.165) is 17.5 Å². The molecule has 1 aliphatic carbocycles. The van der Waals surface area contributed by atoms with Gasteiger partial charge in [-0.25, -0.2) is 0 Å². The largest absolute Gasteiger partial charge is 0.384 e. The van der Waals surface area contributed by atoms with Gasteiger partial charge < -0.3 is 10.6 Å². The predicted molar refractivity (Wildman–Crippen MR) is 79.8 cm³/mol. The first kappa shape index (κ1) is 12.5. The summed E-state index contributed by atoms with van der Waals surface area (Å²) in [5.41, 5.74) is 7.65. The molecule has 1 saturated carbocycles. The zero-order valence-corrected chi connectivity index (χ0v) is 11.4. The van der Waals surface area contributed by atoms with Crippen LogP contribution in [0.15, 0.2) is 24.3 Å². The van der Waals surface area contributed by atoms with Gasteiger partial charge in [-0.05, 0) is 55.9 Å². The molecule has 1 heterocycles. The molecule has 3 nitrogen and oxygen atoms in total. The van der Waals surface area contributed by atoms with Gasteiger partial charge >= 0.3 is 0 Å².